The molecule has 122 valence electrons. The Morgan fingerprint density at radius 1 is 1.39 bits per heavy atom. The van der Waals surface area contributed by atoms with Crippen LogP contribution in [-0.4, -0.2) is 21.6 Å². The van der Waals surface area contributed by atoms with Crippen molar-refractivity contribution in [2.24, 2.45) is 10.5 Å². The van der Waals surface area contributed by atoms with Crippen molar-refractivity contribution in [1.82, 2.24) is 15.4 Å². The molecule has 1 heterocycles. The second kappa shape index (κ2) is 7.31. The Balaban J connectivity index is 2.03. The van der Waals surface area contributed by atoms with Crippen molar-refractivity contribution in [2.45, 2.75) is 47.0 Å². The summed E-state index contributed by atoms with van der Waals surface area (Å²) >= 11 is 0. The molecule has 0 aromatic carbocycles. The first kappa shape index (κ1) is 17.1. The van der Waals surface area contributed by atoms with E-state index in [4.69, 9.17) is 0 Å². The van der Waals surface area contributed by atoms with E-state index in [1.54, 1.807) is 0 Å². The van der Waals surface area contributed by atoms with Crippen molar-refractivity contribution < 1.29 is 4.79 Å². The van der Waals surface area contributed by atoms with Gasteiger partial charge in [-0.15, -0.1) is 0 Å². The summed E-state index contributed by atoms with van der Waals surface area (Å²) in [6.07, 6.45) is 12.1. The highest BCUT2D eigenvalue weighted by molar-refractivity contribution is 5.96. The van der Waals surface area contributed by atoms with Crippen LogP contribution >= 0.6 is 0 Å². The van der Waals surface area contributed by atoms with Gasteiger partial charge in [0.1, 0.15) is 5.69 Å². The van der Waals surface area contributed by atoms with Gasteiger partial charge in [-0.1, -0.05) is 25.5 Å². The lowest BCUT2D eigenvalue weighted by Gasteiger charge is -2.32. The summed E-state index contributed by atoms with van der Waals surface area (Å²) in [6, 6.07) is 0. The summed E-state index contributed by atoms with van der Waals surface area (Å²) in [7, 11) is 0. The van der Waals surface area contributed by atoms with Crippen LogP contribution in [0.15, 0.2) is 47.0 Å². The molecule has 0 saturated carbocycles. The summed E-state index contributed by atoms with van der Waals surface area (Å²) in [5, 5.41) is 4.10. The largest absolute Gasteiger partial charge is 0.291 e. The number of allylic oxidation sites excluding steroid dienone is 4. The molecule has 23 heavy (non-hydrogen) atoms. The van der Waals surface area contributed by atoms with E-state index in [1.165, 1.54) is 42.6 Å². The number of hydrazone groups is 1. The minimum Gasteiger partial charge on any atom is -0.265 e. The molecule has 0 unspecified atom stereocenters. The van der Waals surface area contributed by atoms with Gasteiger partial charge in [0.25, 0.3) is 5.91 Å². The van der Waals surface area contributed by atoms with Crippen LogP contribution < -0.4 is 5.43 Å². The summed E-state index contributed by atoms with van der Waals surface area (Å²) < 4.78 is 0. The van der Waals surface area contributed by atoms with Gasteiger partial charge in [0.2, 0.25) is 0 Å². The molecule has 0 saturated heterocycles. The Morgan fingerprint density at radius 2 is 2.17 bits per heavy atom. The Labute approximate surface area is 137 Å². The number of amides is 1. The highest BCUT2D eigenvalue weighted by atomic mass is 16.2. The Kier molecular flexibility index (Phi) is 5.42. The van der Waals surface area contributed by atoms with Gasteiger partial charge in [-0.3, -0.25) is 9.78 Å². The number of nitrogens with one attached hydrogen (secondary N) is 1. The number of hydrogen-bond acceptors (Lipinski definition) is 4. The first-order chi connectivity index (χ1) is 10.9. The van der Waals surface area contributed by atoms with Crippen LogP contribution in [0.1, 0.15) is 57.4 Å². The molecule has 0 radical (unpaired) electrons. The second-order valence-electron chi connectivity index (χ2n) is 6.55. The maximum Gasteiger partial charge on any atom is 0.291 e. The average Bonchev–Trinajstić information content (AvgIpc) is 2.52. The van der Waals surface area contributed by atoms with Crippen LogP contribution in [0, 0.1) is 5.41 Å². The van der Waals surface area contributed by atoms with Crippen molar-refractivity contribution in [1.29, 1.82) is 0 Å². The predicted octanol–water partition coefficient (Wildman–Crippen LogP) is 3.67. The molecule has 5 nitrogen and oxygen atoms in total. The zero-order chi connectivity index (χ0) is 16.9. The van der Waals surface area contributed by atoms with Crippen LogP contribution in [0.25, 0.3) is 0 Å². The van der Waals surface area contributed by atoms with Crippen molar-refractivity contribution in [2.75, 3.05) is 0 Å². The Bertz CT molecular complexity index is 657. The molecule has 1 aliphatic rings. The van der Waals surface area contributed by atoms with Gasteiger partial charge < -0.3 is 0 Å². The molecular formula is C18H24N4O. The lowest BCUT2D eigenvalue weighted by molar-refractivity contribution is 0.0949. The quantitative estimate of drug-likeness (QED) is 0.681. The normalized spacial score (nSPS) is 18.3. The third-order valence-electron chi connectivity index (χ3n) is 4.16. The first-order valence-corrected chi connectivity index (χ1v) is 7.89. The lowest BCUT2D eigenvalue weighted by Crippen LogP contribution is -2.20. The fourth-order valence-corrected chi connectivity index (χ4v) is 2.86. The number of carbonyl (C=O) groups is 1. The van der Waals surface area contributed by atoms with Gasteiger partial charge in [0.05, 0.1) is 11.9 Å². The number of hydrogen-bond donors (Lipinski definition) is 1. The van der Waals surface area contributed by atoms with Crippen LogP contribution in [0.4, 0.5) is 0 Å². The van der Waals surface area contributed by atoms with Gasteiger partial charge in [0.15, 0.2) is 0 Å². The number of rotatable bonds is 4. The molecule has 1 N–H and O–H groups in total. The van der Waals surface area contributed by atoms with E-state index >= 15 is 0 Å². The topological polar surface area (TPSA) is 67.2 Å². The third kappa shape index (κ3) is 4.58. The zero-order valence-electron chi connectivity index (χ0n) is 14.3. The minimum absolute atomic E-state index is 0.196. The van der Waals surface area contributed by atoms with E-state index in [1.807, 2.05) is 13.0 Å². The highest BCUT2D eigenvalue weighted by Crippen LogP contribution is 2.40. The van der Waals surface area contributed by atoms with Crippen molar-refractivity contribution in [3.05, 3.63) is 47.6 Å². The third-order valence-corrected chi connectivity index (χ3v) is 4.16. The molecule has 0 bridgehead atoms. The minimum atomic E-state index is -0.362. The van der Waals surface area contributed by atoms with E-state index in [-0.39, 0.29) is 17.0 Å². The van der Waals surface area contributed by atoms with Crippen LogP contribution in [0.3, 0.4) is 0 Å². The van der Waals surface area contributed by atoms with E-state index < -0.39 is 0 Å². The maximum absolute atomic E-state index is 11.9. The van der Waals surface area contributed by atoms with Gasteiger partial charge in [-0.25, -0.2) is 10.4 Å². The van der Waals surface area contributed by atoms with Gasteiger partial charge in [0, 0.05) is 12.4 Å². The van der Waals surface area contributed by atoms with E-state index in [0.29, 0.717) is 0 Å². The molecule has 5 heteroatoms. The van der Waals surface area contributed by atoms with E-state index in [2.05, 4.69) is 47.3 Å². The number of aromatic nitrogens is 2. The van der Waals surface area contributed by atoms with E-state index in [9.17, 15) is 4.79 Å². The maximum atomic E-state index is 11.9. The SMILES string of the molecule is CC1=C(/C=C/C(C)=N/NC(=O)c2cnccn2)C(C)(C)CCC1. The monoisotopic (exact) mass is 312 g/mol. The molecule has 0 fully saturated rings. The Morgan fingerprint density at radius 3 is 2.83 bits per heavy atom. The molecule has 1 amide bonds. The Hall–Kier alpha value is -2.30. The highest BCUT2D eigenvalue weighted by Gasteiger charge is 2.26. The molecular weight excluding hydrogens is 288 g/mol. The smallest absolute Gasteiger partial charge is 0.265 e. The fourth-order valence-electron chi connectivity index (χ4n) is 2.86. The van der Waals surface area contributed by atoms with Crippen LogP contribution in [0.5, 0.6) is 0 Å². The van der Waals surface area contributed by atoms with Crippen molar-refractivity contribution in [3.8, 4) is 0 Å². The summed E-state index contributed by atoms with van der Waals surface area (Å²) in [6.45, 7) is 8.61. The summed E-state index contributed by atoms with van der Waals surface area (Å²) in [5.74, 6) is -0.362. The molecule has 1 aliphatic carbocycles. The first-order valence-electron chi connectivity index (χ1n) is 7.89. The average molecular weight is 312 g/mol. The predicted molar refractivity (Wildman–Crippen MR) is 92.1 cm³/mol. The summed E-state index contributed by atoms with van der Waals surface area (Å²) in [4.78, 5) is 19.7. The zero-order valence-corrected chi connectivity index (χ0v) is 14.3. The van der Waals surface area contributed by atoms with Crippen molar-refractivity contribution in [3.63, 3.8) is 0 Å². The lowest BCUT2D eigenvalue weighted by atomic mass is 9.72. The fraction of sp³-hybridized carbons (Fsp3) is 0.444. The molecule has 2 rings (SSSR count). The number of nitrogens with zero attached hydrogens (tertiary/aromatic N) is 3. The standard InChI is InChI=1S/C18H24N4O/c1-13-6-5-9-18(3,4)15(13)8-7-14(2)21-22-17(23)16-12-19-10-11-20-16/h7-8,10-12H,5-6,9H2,1-4H3,(H,22,23)/b8-7+,21-14+. The molecule has 0 aliphatic heterocycles. The summed E-state index contributed by atoms with van der Waals surface area (Å²) in [5.41, 5.74) is 6.50. The second-order valence-corrected chi connectivity index (χ2v) is 6.55. The molecule has 0 atom stereocenters. The molecule has 0 spiro atoms. The van der Waals surface area contributed by atoms with Gasteiger partial charge in [-0.05, 0) is 50.2 Å². The van der Waals surface area contributed by atoms with Crippen molar-refractivity contribution >= 4 is 11.6 Å². The van der Waals surface area contributed by atoms with Gasteiger partial charge in [-0.2, -0.15) is 5.10 Å². The van der Waals surface area contributed by atoms with Gasteiger partial charge >= 0.3 is 0 Å². The van der Waals surface area contributed by atoms with Crippen LogP contribution in [0.2, 0.25) is 0 Å². The van der Waals surface area contributed by atoms with E-state index in [0.717, 1.165) is 12.1 Å². The molecule has 1 aromatic rings. The van der Waals surface area contributed by atoms with Crippen LogP contribution in [-0.2, 0) is 0 Å². The number of carbonyl (C=O) groups excluding carboxylic acids is 1. The molecule has 1 aromatic heterocycles.